The Bertz CT molecular complexity index is 202. The van der Waals surface area contributed by atoms with Gasteiger partial charge in [-0.1, -0.05) is 20.3 Å². The van der Waals surface area contributed by atoms with Crippen LogP contribution in [-0.2, 0) is 14.3 Å². The van der Waals surface area contributed by atoms with Gasteiger partial charge in [-0.05, 0) is 12.3 Å². The van der Waals surface area contributed by atoms with Crippen LogP contribution in [0.4, 0.5) is 0 Å². The van der Waals surface area contributed by atoms with Crippen molar-refractivity contribution in [2.45, 2.75) is 39.2 Å². The molecule has 1 N–H and O–H groups in total. The summed E-state index contributed by atoms with van der Waals surface area (Å²) in [7, 11) is 0. The second kappa shape index (κ2) is 7.63. The molecule has 0 radical (unpaired) electrons. The number of esters is 1. The number of carbonyl (C=O) groups is 1. The Labute approximate surface area is 97.7 Å². The molecule has 1 aliphatic rings. The number of rotatable bonds is 6. The van der Waals surface area contributed by atoms with Crippen LogP contribution in [0.3, 0.4) is 0 Å². The Balaban J connectivity index is 2.10. The fraction of sp³-hybridized carbons (Fsp3) is 0.917. The maximum absolute atomic E-state index is 11.5. The van der Waals surface area contributed by atoms with Crippen LogP contribution < -0.4 is 5.32 Å². The molecule has 0 bridgehead atoms. The molecule has 1 saturated heterocycles. The Hall–Kier alpha value is -0.610. The van der Waals surface area contributed by atoms with E-state index in [0.717, 1.165) is 25.9 Å². The van der Waals surface area contributed by atoms with Crippen LogP contribution in [0.15, 0.2) is 0 Å². The van der Waals surface area contributed by atoms with Gasteiger partial charge < -0.3 is 14.8 Å². The van der Waals surface area contributed by atoms with Crippen molar-refractivity contribution < 1.29 is 14.3 Å². The molecule has 0 aromatic carbocycles. The zero-order valence-corrected chi connectivity index (χ0v) is 10.3. The molecule has 0 saturated carbocycles. The van der Waals surface area contributed by atoms with Gasteiger partial charge in [0.2, 0.25) is 0 Å². The SMILES string of the molecule is CCCC(C)COC(=O)CC1CNCCO1. The van der Waals surface area contributed by atoms with Crippen molar-refractivity contribution in [2.24, 2.45) is 5.92 Å². The van der Waals surface area contributed by atoms with E-state index in [1.807, 2.05) is 0 Å². The van der Waals surface area contributed by atoms with Gasteiger partial charge in [0.05, 0.1) is 25.7 Å². The van der Waals surface area contributed by atoms with E-state index >= 15 is 0 Å². The van der Waals surface area contributed by atoms with E-state index in [9.17, 15) is 4.79 Å². The van der Waals surface area contributed by atoms with Crippen LogP contribution >= 0.6 is 0 Å². The monoisotopic (exact) mass is 229 g/mol. The summed E-state index contributed by atoms with van der Waals surface area (Å²) in [5, 5.41) is 3.19. The first kappa shape index (κ1) is 13.5. The minimum absolute atomic E-state index is 0.0114. The van der Waals surface area contributed by atoms with E-state index in [0.29, 0.717) is 25.6 Å². The highest BCUT2D eigenvalue weighted by Gasteiger charge is 2.18. The number of hydrogen-bond acceptors (Lipinski definition) is 4. The van der Waals surface area contributed by atoms with Crippen LogP contribution in [0, 0.1) is 5.92 Å². The summed E-state index contributed by atoms with van der Waals surface area (Å²) >= 11 is 0. The molecule has 2 unspecified atom stereocenters. The highest BCUT2D eigenvalue weighted by Crippen LogP contribution is 2.07. The van der Waals surface area contributed by atoms with Gasteiger partial charge in [0, 0.05) is 13.1 Å². The van der Waals surface area contributed by atoms with Gasteiger partial charge in [-0.15, -0.1) is 0 Å². The molecule has 0 aliphatic carbocycles. The van der Waals surface area contributed by atoms with Gasteiger partial charge in [0.25, 0.3) is 0 Å². The second-order valence-corrected chi connectivity index (χ2v) is 4.48. The lowest BCUT2D eigenvalue weighted by Crippen LogP contribution is -2.39. The number of hydrogen-bond donors (Lipinski definition) is 1. The first-order valence-electron chi connectivity index (χ1n) is 6.20. The van der Waals surface area contributed by atoms with E-state index in [1.54, 1.807) is 0 Å². The normalized spacial score (nSPS) is 22.8. The van der Waals surface area contributed by atoms with E-state index in [2.05, 4.69) is 19.2 Å². The van der Waals surface area contributed by atoms with Crippen LogP contribution in [0.5, 0.6) is 0 Å². The lowest BCUT2D eigenvalue weighted by Gasteiger charge is -2.23. The van der Waals surface area contributed by atoms with Crippen LogP contribution in [0.2, 0.25) is 0 Å². The number of nitrogens with one attached hydrogen (secondary N) is 1. The van der Waals surface area contributed by atoms with E-state index < -0.39 is 0 Å². The molecule has 94 valence electrons. The minimum atomic E-state index is -0.142. The van der Waals surface area contributed by atoms with Crippen molar-refractivity contribution >= 4 is 5.97 Å². The minimum Gasteiger partial charge on any atom is -0.465 e. The van der Waals surface area contributed by atoms with Gasteiger partial charge in [-0.3, -0.25) is 4.79 Å². The molecule has 0 aromatic heterocycles. The van der Waals surface area contributed by atoms with Gasteiger partial charge in [-0.25, -0.2) is 0 Å². The molecule has 0 spiro atoms. The fourth-order valence-electron chi connectivity index (χ4n) is 1.81. The lowest BCUT2D eigenvalue weighted by molar-refractivity contribution is -0.148. The summed E-state index contributed by atoms with van der Waals surface area (Å²) < 4.78 is 10.7. The highest BCUT2D eigenvalue weighted by molar-refractivity contribution is 5.70. The smallest absolute Gasteiger partial charge is 0.308 e. The fourth-order valence-corrected chi connectivity index (χ4v) is 1.81. The zero-order chi connectivity index (χ0) is 11.8. The van der Waals surface area contributed by atoms with Gasteiger partial charge in [-0.2, -0.15) is 0 Å². The van der Waals surface area contributed by atoms with Crippen molar-refractivity contribution in [3.8, 4) is 0 Å². The van der Waals surface area contributed by atoms with Crippen molar-refractivity contribution in [3.63, 3.8) is 0 Å². The average molecular weight is 229 g/mol. The van der Waals surface area contributed by atoms with E-state index in [4.69, 9.17) is 9.47 Å². The quantitative estimate of drug-likeness (QED) is 0.698. The molecule has 4 nitrogen and oxygen atoms in total. The molecule has 16 heavy (non-hydrogen) atoms. The molecule has 1 fully saturated rings. The van der Waals surface area contributed by atoms with Crippen LogP contribution in [0.25, 0.3) is 0 Å². The van der Waals surface area contributed by atoms with Crippen LogP contribution in [0.1, 0.15) is 33.1 Å². The first-order valence-corrected chi connectivity index (χ1v) is 6.20. The summed E-state index contributed by atoms with van der Waals surface area (Å²) in [5.41, 5.74) is 0. The first-order chi connectivity index (χ1) is 7.72. The molecule has 2 atom stereocenters. The van der Waals surface area contributed by atoms with Crippen molar-refractivity contribution in [2.75, 3.05) is 26.3 Å². The number of ether oxygens (including phenoxy) is 2. The zero-order valence-electron chi connectivity index (χ0n) is 10.3. The maximum Gasteiger partial charge on any atom is 0.308 e. The van der Waals surface area contributed by atoms with Crippen molar-refractivity contribution in [3.05, 3.63) is 0 Å². The van der Waals surface area contributed by atoms with Crippen LogP contribution in [-0.4, -0.2) is 38.4 Å². The predicted octanol–water partition coefficient (Wildman–Crippen LogP) is 1.34. The predicted molar refractivity (Wildman–Crippen MR) is 62.3 cm³/mol. The molecule has 0 amide bonds. The number of morpholine rings is 1. The summed E-state index contributed by atoms with van der Waals surface area (Å²) in [6.45, 7) is 7.09. The molecular formula is C12H23NO3. The second-order valence-electron chi connectivity index (χ2n) is 4.48. The van der Waals surface area contributed by atoms with Gasteiger partial charge >= 0.3 is 5.97 Å². The molecule has 1 aliphatic heterocycles. The Kier molecular flexibility index (Phi) is 6.42. The van der Waals surface area contributed by atoms with Crippen molar-refractivity contribution in [1.82, 2.24) is 5.32 Å². The standard InChI is InChI=1S/C12H23NO3/c1-3-4-10(2)9-16-12(14)7-11-8-13-5-6-15-11/h10-11,13H,3-9H2,1-2H3. The van der Waals surface area contributed by atoms with Gasteiger partial charge in [0.15, 0.2) is 0 Å². The maximum atomic E-state index is 11.5. The highest BCUT2D eigenvalue weighted by atomic mass is 16.5. The Morgan fingerprint density at radius 3 is 3.06 bits per heavy atom. The van der Waals surface area contributed by atoms with E-state index in [1.165, 1.54) is 0 Å². The Morgan fingerprint density at radius 2 is 2.44 bits per heavy atom. The molecule has 1 heterocycles. The largest absolute Gasteiger partial charge is 0.465 e. The van der Waals surface area contributed by atoms with Crippen molar-refractivity contribution in [1.29, 1.82) is 0 Å². The lowest BCUT2D eigenvalue weighted by atomic mass is 10.1. The summed E-state index contributed by atoms with van der Waals surface area (Å²) in [6.07, 6.45) is 2.59. The average Bonchev–Trinajstić information content (AvgIpc) is 2.28. The number of carbonyl (C=O) groups excluding carboxylic acids is 1. The molecule has 0 aromatic rings. The summed E-state index contributed by atoms with van der Waals surface area (Å²) in [6, 6.07) is 0. The topological polar surface area (TPSA) is 47.6 Å². The molecular weight excluding hydrogens is 206 g/mol. The Morgan fingerprint density at radius 1 is 1.62 bits per heavy atom. The van der Waals surface area contributed by atoms with Gasteiger partial charge in [0.1, 0.15) is 0 Å². The third-order valence-corrected chi connectivity index (χ3v) is 2.71. The van der Waals surface area contributed by atoms with E-state index in [-0.39, 0.29) is 12.1 Å². The molecule has 1 rings (SSSR count). The third kappa shape index (κ3) is 5.47. The third-order valence-electron chi connectivity index (χ3n) is 2.71. The summed E-state index contributed by atoms with van der Waals surface area (Å²) in [5.74, 6) is 0.316. The summed E-state index contributed by atoms with van der Waals surface area (Å²) in [4.78, 5) is 11.5. The molecule has 4 heteroatoms.